The number of nitrogens with zero attached hydrogens (tertiary/aromatic N) is 1. The number of methoxy groups -OCH3 is 1. The van der Waals surface area contributed by atoms with Crippen LogP contribution in [-0.4, -0.2) is 25.0 Å². The van der Waals surface area contributed by atoms with Crippen LogP contribution in [0.2, 0.25) is 5.02 Å². The van der Waals surface area contributed by atoms with Crippen LogP contribution in [0.3, 0.4) is 0 Å². The first-order valence-corrected chi connectivity index (χ1v) is 11.4. The molecule has 0 saturated carbocycles. The standard InChI is InChI=1S/C25H17BrClFN2O5/c1-34-21-12-15(11-20(26)22(21)35-13-14-2-6-17(28)7-3-14)10-19-23(31)29-25(33)30(24(19)32)18-8-4-16(27)5-9-18/h2-12H,13H2,1H3,(H,29,31,33). The summed E-state index contributed by atoms with van der Waals surface area (Å²) in [7, 11) is 1.45. The molecule has 7 nitrogen and oxygen atoms in total. The highest BCUT2D eigenvalue weighted by molar-refractivity contribution is 9.10. The van der Waals surface area contributed by atoms with Crippen LogP contribution in [0.25, 0.3) is 6.08 Å². The summed E-state index contributed by atoms with van der Waals surface area (Å²) >= 11 is 9.32. The number of hydrogen-bond acceptors (Lipinski definition) is 5. The zero-order chi connectivity index (χ0) is 25.1. The first kappa shape index (κ1) is 24.4. The smallest absolute Gasteiger partial charge is 0.335 e. The van der Waals surface area contributed by atoms with Crippen molar-refractivity contribution < 1.29 is 28.2 Å². The highest BCUT2D eigenvalue weighted by Gasteiger charge is 2.36. The number of amides is 4. The number of carbonyl (C=O) groups is 3. The number of nitrogens with one attached hydrogen (secondary N) is 1. The van der Waals surface area contributed by atoms with Gasteiger partial charge < -0.3 is 9.47 Å². The summed E-state index contributed by atoms with van der Waals surface area (Å²) in [6.45, 7) is 0.161. The van der Waals surface area contributed by atoms with Crippen LogP contribution >= 0.6 is 27.5 Å². The summed E-state index contributed by atoms with van der Waals surface area (Å²) in [5, 5.41) is 2.61. The molecule has 1 heterocycles. The van der Waals surface area contributed by atoms with Crippen molar-refractivity contribution in [2.75, 3.05) is 12.0 Å². The van der Waals surface area contributed by atoms with Crippen molar-refractivity contribution in [1.82, 2.24) is 5.32 Å². The molecule has 35 heavy (non-hydrogen) atoms. The molecular formula is C25H17BrClFN2O5. The molecule has 1 N–H and O–H groups in total. The minimum atomic E-state index is -0.859. The summed E-state index contributed by atoms with van der Waals surface area (Å²) in [5.41, 5.74) is 1.22. The Labute approximate surface area is 213 Å². The first-order chi connectivity index (χ1) is 16.8. The molecule has 1 aliphatic rings. The van der Waals surface area contributed by atoms with Crippen molar-refractivity contribution in [3.8, 4) is 11.5 Å². The largest absolute Gasteiger partial charge is 0.493 e. The molecule has 0 spiro atoms. The maximum atomic E-state index is 13.1. The average molecular weight is 560 g/mol. The van der Waals surface area contributed by atoms with Gasteiger partial charge in [-0.05, 0) is 81.7 Å². The van der Waals surface area contributed by atoms with Gasteiger partial charge in [-0.1, -0.05) is 23.7 Å². The normalized spacial score (nSPS) is 14.8. The summed E-state index contributed by atoms with van der Waals surface area (Å²) in [6, 6.07) is 14.3. The maximum absolute atomic E-state index is 13.1. The van der Waals surface area contributed by atoms with Crippen molar-refractivity contribution in [3.05, 3.63) is 92.7 Å². The molecule has 0 atom stereocenters. The summed E-state index contributed by atoms with van der Waals surface area (Å²) in [4.78, 5) is 38.8. The first-order valence-electron chi connectivity index (χ1n) is 10.2. The van der Waals surface area contributed by atoms with E-state index < -0.39 is 17.8 Å². The van der Waals surface area contributed by atoms with Crippen LogP contribution in [0, 0.1) is 5.82 Å². The van der Waals surface area contributed by atoms with Crippen molar-refractivity contribution in [2.24, 2.45) is 0 Å². The summed E-state index contributed by atoms with van der Waals surface area (Å²) < 4.78 is 24.9. The number of halogens is 3. The van der Waals surface area contributed by atoms with Gasteiger partial charge in [-0.25, -0.2) is 14.1 Å². The topological polar surface area (TPSA) is 84.9 Å². The number of carbonyl (C=O) groups excluding carboxylic acids is 3. The third-order valence-corrected chi connectivity index (χ3v) is 5.89. The highest BCUT2D eigenvalue weighted by atomic mass is 79.9. The number of urea groups is 1. The van der Waals surface area contributed by atoms with Gasteiger partial charge in [0.1, 0.15) is 18.0 Å². The van der Waals surface area contributed by atoms with Gasteiger partial charge in [-0.3, -0.25) is 14.9 Å². The summed E-state index contributed by atoms with van der Waals surface area (Å²) in [5.74, 6) is -1.23. The number of benzene rings is 3. The number of hydrogen-bond donors (Lipinski definition) is 1. The molecule has 0 radical (unpaired) electrons. The van der Waals surface area contributed by atoms with Gasteiger partial charge in [0, 0.05) is 5.02 Å². The molecule has 0 aliphatic carbocycles. The predicted octanol–water partition coefficient (Wildman–Crippen LogP) is 5.50. The van der Waals surface area contributed by atoms with Crippen molar-refractivity contribution >= 4 is 57.1 Å². The van der Waals surface area contributed by atoms with E-state index in [4.69, 9.17) is 21.1 Å². The Morgan fingerprint density at radius 3 is 2.40 bits per heavy atom. The summed E-state index contributed by atoms with van der Waals surface area (Å²) in [6.07, 6.45) is 1.35. The number of anilines is 1. The third kappa shape index (κ3) is 5.36. The van der Waals surface area contributed by atoms with E-state index >= 15 is 0 Å². The monoisotopic (exact) mass is 558 g/mol. The third-order valence-electron chi connectivity index (χ3n) is 5.05. The maximum Gasteiger partial charge on any atom is 0.335 e. The van der Waals surface area contributed by atoms with E-state index in [2.05, 4.69) is 21.2 Å². The van der Waals surface area contributed by atoms with Crippen LogP contribution in [0.4, 0.5) is 14.9 Å². The van der Waals surface area contributed by atoms with E-state index in [-0.39, 0.29) is 23.7 Å². The van der Waals surface area contributed by atoms with Gasteiger partial charge in [0.15, 0.2) is 11.5 Å². The van der Waals surface area contributed by atoms with Crippen LogP contribution in [-0.2, 0) is 16.2 Å². The lowest BCUT2D eigenvalue weighted by Crippen LogP contribution is -2.54. The second kappa shape index (κ2) is 10.3. The Kier molecular flexibility index (Phi) is 7.18. The minimum absolute atomic E-state index is 0.161. The molecule has 0 unspecified atom stereocenters. The van der Waals surface area contributed by atoms with Gasteiger partial charge in [0.25, 0.3) is 11.8 Å². The quantitative estimate of drug-likeness (QED) is 0.319. The van der Waals surface area contributed by atoms with Gasteiger partial charge in [-0.2, -0.15) is 0 Å². The zero-order valence-electron chi connectivity index (χ0n) is 18.2. The van der Waals surface area contributed by atoms with Crippen LogP contribution in [0.1, 0.15) is 11.1 Å². The lowest BCUT2D eigenvalue weighted by molar-refractivity contribution is -0.122. The van der Waals surface area contributed by atoms with Gasteiger partial charge >= 0.3 is 6.03 Å². The molecular weight excluding hydrogens is 543 g/mol. The van der Waals surface area contributed by atoms with Crippen LogP contribution < -0.4 is 19.7 Å². The second-order valence-corrected chi connectivity index (χ2v) is 8.67. The molecule has 1 aliphatic heterocycles. The molecule has 10 heteroatoms. The average Bonchev–Trinajstić information content (AvgIpc) is 2.83. The lowest BCUT2D eigenvalue weighted by atomic mass is 10.1. The van der Waals surface area contributed by atoms with E-state index in [1.54, 1.807) is 24.3 Å². The van der Waals surface area contributed by atoms with Gasteiger partial charge in [0.2, 0.25) is 0 Å². The molecule has 3 aromatic carbocycles. The van der Waals surface area contributed by atoms with Crippen molar-refractivity contribution in [2.45, 2.75) is 6.61 Å². The Morgan fingerprint density at radius 2 is 1.74 bits per heavy atom. The molecule has 1 fully saturated rings. The minimum Gasteiger partial charge on any atom is -0.493 e. The van der Waals surface area contributed by atoms with Gasteiger partial charge in [0.05, 0.1) is 17.3 Å². The van der Waals surface area contributed by atoms with E-state index in [1.165, 1.54) is 49.6 Å². The molecule has 1 saturated heterocycles. The SMILES string of the molecule is COc1cc(C=C2C(=O)NC(=O)N(c3ccc(Cl)cc3)C2=O)cc(Br)c1OCc1ccc(F)cc1. The fourth-order valence-electron chi connectivity index (χ4n) is 3.35. The van der Waals surface area contributed by atoms with E-state index in [1.807, 2.05) is 0 Å². The Morgan fingerprint density at radius 1 is 1.06 bits per heavy atom. The molecule has 3 aromatic rings. The second-order valence-electron chi connectivity index (χ2n) is 7.38. The lowest BCUT2D eigenvalue weighted by Gasteiger charge is -2.26. The Hall–Kier alpha value is -3.69. The fourth-order valence-corrected chi connectivity index (χ4v) is 4.05. The van der Waals surface area contributed by atoms with E-state index in [0.717, 1.165) is 10.5 Å². The molecule has 0 aromatic heterocycles. The Balaban J connectivity index is 1.63. The number of imide groups is 2. The Bertz CT molecular complexity index is 1340. The zero-order valence-corrected chi connectivity index (χ0v) is 20.5. The number of rotatable bonds is 6. The fraction of sp³-hybridized carbons (Fsp3) is 0.0800. The molecule has 178 valence electrons. The van der Waals surface area contributed by atoms with Crippen LogP contribution in [0.5, 0.6) is 11.5 Å². The van der Waals surface area contributed by atoms with Crippen molar-refractivity contribution in [3.63, 3.8) is 0 Å². The van der Waals surface area contributed by atoms with Crippen LogP contribution in [0.15, 0.2) is 70.7 Å². The highest BCUT2D eigenvalue weighted by Crippen LogP contribution is 2.38. The molecule has 4 rings (SSSR count). The predicted molar refractivity (Wildman–Crippen MR) is 132 cm³/mol. The van der Waals surface area contributed by atoms with Crippen molar-refractivity contribution in [1.29, 1.82) is 0 Å². The molecule has 4 amide bonds. The molecule has 0 bridgehead atoms. The number of barbiturate groups is 1. The van der Waals surface area contributed by atoms with Gasteiger partial charge in [-0.15, -0.1) is 0 Å². The number of ether oxygens (including phenoxy) is 2. The van der Waals surface area contributed by atoms with E-state index in [0.29, 0.717) is 26.6 Å². The van der Waals surface area contributed by atoms with E-state index in [9.17, 15) is 18.8 Å².